The summed E-state index contributed by atoms with van der Waals surface area (Å²) < 4.78 is 31.7. The summed E-state index contributed by atoms with van der Waals surface area (Å²) in [6.07, 6.45) is 0. The zero-order valence-corrected chi connectivity index (χ0v) is 11.3. The molecular weight excluding hydrogens is 278 g/mol. The first-order valence-electron chi connectivity index (χ1n) is 6.31. The molecule has 0 heterocycles. The number of nitrogens with one attached hydrogen (secondary N) is 1. The molecule has 2 rings (SSSR count). The van der Waals surface area contributed by atoms with Crippen molar-refractivity contribution < 1.29 is 18.3 Å². The van der Waals surface area contributed by atoms with E-state index in [0.717, 1.165) is 18.2 Å². The highest BCUT2D eigenvalue weighted by Gasteiger charge is 2.14. The van der Waals surface area contributed by atoms with E-state index in [9.17, 15) is 13.6 Å². The summed E-state index contributed by atoms with van der Waals surface area (Å²) in [5.74, 6) is -1.82. The number of carbonyl (C=O) groups is 1. The van der Waals surface area contributed by atoms with Gasteiger partial charge in [-0.25, -0.2) is 8.78 Å². The Morgan fingerprint density at radius 3 is 2.48 bits per heavy atom. The maximum atomic E-state index is 13.2. The highest BCUT2D eigenvalue weighted by Crippen LogP contribution is 2.28. The van der Waals surface area contributed by atoms with Crippen LogP contribution >= 0.6 is 0 Å². The van der Waals surface area contributed by atoms with E-state index in [4.69, 9.17) is 10.5 Å². The third-order valence-electron chi connectivity index (χ3n) is 2.65. The van der Waals surface area contributed by atoms with Crippen molar-refractivity contribution in [1.29, 1.82) is 0 Å². The van der Waals surface area contributed by atoms with Gasteiger partial charge in [-0.1, -0.05) is 0 Å². The number of ether oxygens (including phenoxy) is 1. The predicted octanol–water partition coefficient (Wildman–Crippen LogP) is 3.09. The van der Waals surface area contributed by atoms with Crippen LogP contribution in [-0.4, -0.2) is 12.5 Å². The summed E-state index contributed by atoms with van der Waals surface area (Å²) in [5, 5.41) is 2.62. The first-order valence-corrected chi connectivity index (χ1v) is 6.31. The molecule has 0 aliphatic carbocycles. The molecule has 6 heteroatoms. The molecule has 0 aliphatic heterocycles. The highest BCUT2D eigenvalue weighted by molar-refractivity contribution is 5.97. The number of nitrogen functional groups attached to an aromatic ring is 1. The van der Waals surface area contributed by atoms with Gasteiger partial charge in [0.1, 0.15) is 23.1 Å². The summed E-state index contributed by atoms with van der Waals surface area (Å²) in [5.41, 5.74) is 6.26. The SMILES string of the molecule is CCNC(=O)c1ccc(N)cc1Oc1cc(F)cc(F)c1. The molecular formula is C15H14F2N2O2. The van der Waals surface area contributed by atoms with Gasteiger partial charge < -0.3 is 15.8 Å². The van der Waals surface area contributed by atoms with E-state index in [1.54, 1.807) is 13.0 Å². The van der Waals surface area contributed by atoms with Crippen LogP contribution in [0.5, 0.6) is 11.5 Å². The van der Waals surface area contributed by atoms with Gasteiger partial charge in [0.25, 0.3) is 5.91 Å². The molecule has 2 aromatic carbocycles. The van der Waals surface area contributed by atoms with Crippen LogP contribution < -0.4 is 15.8 Å². The van der Waals surface area contributed by atoms with Crippen LogP contribution in [0.25, 0.3) is 0 Å². The summed E-state index contributed by atoms with van der Waals surface area (Å²) in [4.78, 5) is 11.9. The van der Waals surface area contributed by atoms with Crippen LogP contribution in [0.3, 0.4) is 0 Å². The molecule has 0 saturated heterocycles. The topological polar surface area (TPSA) is 64.4 Å². The lowest BCUT2D eigenvalue weighted by Crippen LogP contribution is -2.23. The van der Waals surface area contributed by atoms with Crippen molar-refractivity contribution in [2.24, 2.45) is 0 Å². The summed E-state index contributed by atoms with van der Waals surface area (Å²) in [7, 11) is 0. The quantitative estimate of drug-likeness (QED) is 0.851. The first-order chi connectivity index (χ1) is 9.99. The van der Waals surface area contributed by atoms with Gasteiger partial charge in [0.15, 0.2) is 0 Å². The zero-order valence-electron chi connectivity index (χ0n) is 11.3. The number of rotatable bonds is 4. The molecule has 0 radical (unpaired) electrons. The van der Waals surface area contributed by atoms with Crippen LogP contribution in [0, 0.1) is 11.6 Å². The minimum Gasteiger partial charge on any atom is -0.456 e. The molecule has 0 aliphatic rings. The Morgan fingerprint density at radius 2 is 1.86 bits per heavy atom. The van der Waals surface area contributed by atoms with Crippen molar-refractivity contribution in [1.82, 2.24) is 5.32 Å². The van der Waals surface area contributed by atoms with Crippen molar-refractivity contribution in [3.05, 3.63) is 53.6 Å². The lowest BCUT2D eigenvalue weighted by molar-refractivity contribution is 0.0953. The second-order valence-electron chi connectivity index (χ2n) is 4.32. The molecule has 0 aromatic heterocycles. The second-order valence-corrected chi connectivity index (χ2v) is 4.32. The molecule has 2 aromatic rings. The van der Waals surface area contributed by atoms with Crippen LogP contribution in [0.4, 0.5) is 14.5 Å². The van der Waals surface area contributed by atoms with E-state index in [1.165, 1.54) is 12.1 Å². The normalized spacial score (nSPS) is 10.2. The Morgan fingerprint density at radius 1 is 1.19 bits per heavy atom. The fraction of sp³-hybridized carbons (Fsp3) is 0.133. The number of carbonyl (C=O) groups excluding carboxylic acids is 1. The minimum absolute atomic E-state index is 0.0522. The molecule has 4 nitrogen and oxygen atoms in total. The first kappa shape index (κ1) is 14.8. The van der Waals surface area contributed by atoms with Crippen LogP contribution in [0.1, 0.15) is 17.3 Å². The van der Waals surface area contributed by atoms with E-state index in [1.807, 2.05) is 0 Å². The standard InChI is InChI=1S/C15H14F2N2O2/c1-2-19-15(20)13-4-3-11(18)8-14(13)21-12-6-9(16)5-10(17)7-12/h3-8H,2,18H2,1H3,(H,19,20). The summed E-state index contributed by atoms with van der Waals surface area (Å²) in [6.45, 7) is 2.22. The molecule has 21 heavy (non-hydrogen) atoms. The van der Waals surface area contributed by atoms with Gasteiger partial charge in [-0.3, -0.25) is 4.79 Å². The average molecular weight is 292 g/mol. The molecule has 0 unspecified atom stereocenters. The minimum atomic E-state index is -0.770. The lowest BCUT2D eigenvalue weighted by Gasteiger charge is -2.12. The highest BCUT2D eigenvalue weighted by atomic mass is 19.1. The number of benzene rings is 2. The zero-order chi connectivity index (χ0) is 15.4. The van der Waals surface area contributed by atoms with Gasteiger partial charge in [-0.05, 0) is 19.1 Å². The van der Waals surface area contributed by atoms with Crippen molar-refractivity contribution >= 4 is 11.6 Å². The molecule has 0 saturated carbocycles. The maximum Gasteiger partial charge on any atom is 0.255 e. The number of halogens is 2. The third-order valence-corrected chi connectivity index (χ3v) is 2.65. The average Bonchev–Trinajstić information content (AvgIpc) is 2.37. The maximum absolute atomic E-state index is 13.2. The fourth-order valence-corrected chi connectivity index (χ4v) is 1.78. The number of nitrogens with two attached hydrogens (primary N) is 1. The Kier molecular flexibility index (Phi) is 4.37. The monoisotopic (exact) mass is 292 g/mol. The van der Waals surface area contributed by atoms with E-state index in [-0.39, 0.29) is 23.0 Å². The lowest BCUT2D eigenvalue weighted by atomic mass is 10.1. The summed E-state index contributed by atoms with van der Waals surface area (Å²) in [6, 6.07) is 7.24. The number of anilines is 1. The molecule has 0 atom stereocenters. The van der Waals surface area contributed by atoms with E-state index < -0.39 is 11.6 Å². The third kappa shape index (κ3) is 3.68. The van der Waals surface area contributed by atoms with Gasteiger partial charge in [0, 0.05) is 36.5 Å². The number of amides is 1. The van der Waals surface area contributed by atoms with E-state index >= 15 is 0 Å². The Bertz CT molecular complexity index is 654. The van der Waals surface area contributed by atoms with Gasteiger partial charge in [-0.2, -0.15) is 0 Å². The van der Waals surface area contributed by atoms with Crippen molar-refractivity contribution in [3.63, 3.8) is 0 Å². The van der Waals surface area contributed by atoms with Gasteiger partial charge in [-0.15, -0.1) is 0 Å². The van der Waals surface area contributed by atoms with Crippen molar-refractivity contribution in [2.75, 3.05) is 12.3 Å². The largest absolute Gasteiger partial charge is 0.456 e. The second kappa shape index (κ2) is 6.21. The Hall–Kier alpha value is -2.63. The van der Waals surface area contributed by atoms with E-state index in [2.05, 4.69) is 5.32 Å². The number of hydrogen-bond acceptors (Lipinski definition) is 3. The number of hydrogen-bond donors (Lipinski definition) is 2. The smallest absolute Gasteiger partial charge is 0.255 e. The van der Waals surface area contributed by atoms with E-state index in [0.29, 0.717) is 12.2 Å². The predicted molar refractivity (Wildman–Crippen MR) is 75.3 cm³/mol. The van der Waals surface area contributed by atoms with Gasteiger partial charge >= 0.3 is 0 Å². The molecule has 110 valence electrons. The molecule has 0 fully saturated rings. The Labute approximate surface area is 120 Å². The van der Waals surface area contributed by atoms with Gasteiger partial charge in [0.2, 0.25) is 0 Å². The van der Waals surface area contributed by atoms with Crippen LogP contribution in [0.15, 0.2) is 36.4 Å². The van der Waals surface area contributed by atoms with Crippen molar-refractivity contribution in [3.8, 4) is 11.5 Å². The summed E-state index contributed by atoms with van der Waals surface area (Å²) >= 11 is 0. The van der Waals surface area contributed by atoms with Gasteiger partial charge in [0.05, 0.1) is 5.56 Å². The molecule has 0 spiro atoms. The molecule has 0 bridgehead atoms. The fourth-order valence-electron chi connectivity index (χ4n) is 1.78. The molecule has 1 amide bonds. The molecule has 3 N–H and O–H groups in total. The van der Waals surface area contributed by atoms with Crippen LogP contribution in [-0.2, 0) is 0 Å². The Balaban J connectivity index is 2.38. The van der Waals surface area contributed by atoms with Crippen LogP contribution in [0.2, 0.25) is 0 Å². The van der Waals surface area contributed by atoms with Crippen molar-refractivity contribution in [2.45, 2.75) is 6.92 Å².